The summed E-state index contributed by atoms with van der Waals surface area (Å²) in [6, 6.07) is 4.70. The molecule has 0 fully saturated rings. The lowest BCUT2D eigenvalue weighted by Gasteiger charge is -2.04. The summed E-state index contributed by atoms with van der Waals surface area (Å²) < 4.78 is 4.89. The van der Waals surface area contributed by atoms with Crippen LogP contribution in [0.2, 0.25) is 0 Å². The summed E-state index contributed by atoms with van der Waals surface area (Å²) in [4.78, 5) is 59.3. The van der Waals surface area contributed by atoms with Gasteiger partial charge in [-0.25, -0.2) is 4.79 Å². The standard InChI is InChI=1S/C17H19N5O6/c18-12(23)6-9-21-16(26)15(25)20-8-2-1-7-19-14(24)10-4-3-5-11-13(10)22-17(27)28-11/h1-5H,6-9H2,(H2,18,23)(H,19,24)(H,20,25)(H,21,26)(H,22,27)/b2-1+. The van der Waals surface area contributed by atoms with Gasteiger partial charge < -0.3 is 26.1 Å². The van der Waals surface area contributed by atoms with E-state index in [9.17, 15) is 24.0 Å². The van der Waals surface area contributed by atoms with E-state index in [0.29, 0.717) is 5.52 Å². The summed E-state index contributed by atoms with van der Waals surface area (Å²) >= 11 is 0. The van der Waals surface area contributed by atoms with Crippen molar-refractivity contribution < 1.29 is 23.6 Å². The first-order chi connectivity index (χ1) is 13.4. The normalized spacial score (nSPS) is 10.7. The number of nitrogens with one attached hydrogen (secondary N) is 4. The molecule has 0 saturated carbocycles. The Morgan fingerprint density at radius 1 is 1.04 bits per heavy atom. The van der Waals surface area contributed by atoms with Gasteiger partial charge in [-0.05, 0) is 12.1 Å². The molecule has 0 radical (unpaired) electrons. The zero-order valence-electron chi connectivity index (χ0n) is 14.7. The van der Waals surface area contributed by atoms with Crippen LogP contribution < -0.4 is 27.4 Å². The Bertz CT molecular complexity index is 974. The first-order valence-corrected chi connectivity index (χ1v) is 8.28. The van der Waals surface area contributed by atoms with Gasteiger partial charge in [-0.3, -0.25) is 24.2 Å². The van der Waals surface area contributed by atoms with Gasteiger partial charge in [0.25, 0.3) is 5.91 Å². The summed E-state index contributed by atoms with van der Waals surface area (Å²) in [5, 5.41) is 7.22. The zero-order chi connectivity index (χ0) is 20.5. The lowest BCUT2D eigenvalue weighted by Crippen LogP contribution is -2.41. The molecule has 0 spiro atoms. The molecule has 0 aliphatic rings. The number of para-hydroxylation sites is 1. The highest BCUT2D eigenvalue weighted by Crippen LogP contribution is 2.14. The molecule has 11 nitrogen and oxygen atoms in total. The van der Waals surface area contributed by atoms with Crippen LogP contribution in [0, 0.1) is 0 Å². The molecule has 0 unspecified atom stereocenters. The van der Waals surface area contributed by atoms with Gasteiger partial charge in [0.2, 0.25) is 5.91 Å². The summed E-state index contributed by atoms with van der Waals surface area (Å²) in [5.74, 6) is -3.37. The summed E-state index contributed by atoms with van der Waals surface area (Å²) in [5.41, 5.74) is 5.77. The van der Waals surface area contributed by atoms with Gasteiger partial charge in [-0.2, -0.15) is 0 Å². The largest absolute Gasteiger partial charge is 0.417 e. The predicted molar refractivity (Wildman–Crippen MR) is 98.1 cm³/mol. The lowest BCUT2D eigenvalue weighted by molar-refractivity contribution is -0.139. The molecule has 28 heavy (non-hydrogen) atoms. The molecule has 1 heterocycles. The molecule has 11 heteroatoms. The van der Waals surface area contributed by atoms with Crippen LogP contribution in [-0.2, 0) is 14.4 Å². The zero-order valence-corrected chi connectivity index (χ0v) is 14.7. The first-order valence-electron chi connectivity index (χ1n) is 8.28. The minimum absolute atomic E-state index is 0.0157. The predicted octanol–water partition coefficient (Wildman–Crippen LogP) is -1.49. The molecule has 0 aliphatic carbocycles. The van der Waals surface area contributed by atoms with Gasteiger partial charge in [-0.15, -0.1) is 0 Å². The van der Waals surface area contributed by atoms with Crippen molar-refractivity contribution in [3.63, 3.8) is 0 Å². The summed E-state index contributed by atoms with van der Waals surface area (Å²) in [6.45, 7) is 0.221. The Labute approximate surface area is 158 Å². The number of nitrogens with two attached hydrogens (primary N) is 1. The van der Waals surface area contributed by atoms with Crippen LogP contribution in [0.15, 0.2) is 39.6 Å². The molecular formula is C17H19N5O6. The Kier molecular flexibility index (Phi) is 7.08. The van der Waals surface area contributed by atoms with Gasteiger partial charge in [0.15, 0.2) is 5.58 Å². The minimum atomic E-state index is -0.870. The number of hydrogen-bond acceptors (Lipinski definition) is 6. The van der Waals surface area contributed by atoms with E-state index in [0.717, 1.165) is 0 Å². The molecule has 0 aliphatic heterocycles. The fourth-order valence-electron chi connectivity index (χ4n) is 2.19. The summed E-state index contributed by atoms with van der Waals surface area (Å²) in [6.07, 6.45) is 3.08. The van der Waals surface area contributed by atoms with Crippen molar-refractivity contribution >= 4 is 34.7 Å². The van der Waals surface area contributed by atoms with Crippen molar-refractivity contribution in [3.05, 3.63) is 46.5 Å². The smallest absolute Gasteiger partial charge is 0.408 e. The van der Waals surface area contributed by atoms with E-state index in [1.807, 2.05) is 0 Å². The van der Waals surface area contributed by atoms with Crippen LogP contribution in [-0.4, -0.2) is 48.2 Å². The fourth-order valence-corrected chi connectivity index (χ4v) is 2.19. The second-order valence-electron chi connectivity index (χ2n) is 5.56. The van der Waals surface area contributed by atoms with Gasteiger partial charge in [0, 0.05) is 26.1 Å². The van der Waals surface area contributed by atoms with E-state index in [2.05, 4.69) is 20.9 Å². The third-order valence-electron chi connectivity index (χ3n) is 3.49. The number of carbonyl (C=O) groups is 4. The molecule has 2 rings (SSSR count). The van der Waals surface area contributed by atoms with E-state index in [-0.39, 0.29) is 37.2 Å². The average molecular weight is 389 g/mol. The highest BCUT2D eigenvalue weighted by atomic mass is 16.4. The number of aromatic amines is 1. The number of oxazole rings is 1. The van der Waals surface area contributed by atoms with Crippen molar-refractivity contribution in [3.8, 4) is 0 Å². The van der Waals surface area contributed by atoms with Gasteiger partial charge in [0.1, 0.15) is 0 Å². The maximum absolute atomic E-state index is 12.2. The van der Waals surface area contributed by atoms with E-state index >= 15 is 0 Å². The van der Waals surface area contributed by atoms with Crippen molar-refractivity contribution in [2.75, 3.05) is 19.6 Å². The number of benzene rings is 1. The average Bonchev–Trinajstić information content (AvgIpc) is 3.03. The molecule has 4 amide bonds. The Balaban J connectivity index is 1.72. The van der Waals surface area contributed by atoms with Gasteiger partial charge >= 0.3 is 17.6 Å². The number of amides is 4. The molecule has 148 valence electrons. The minimum Gasteiger partial charge on any atom is -0.408 e. The first kappa shape index (κ1) is 20.4. The number of H-pyrrole nitrogens is 1. The van der Waals surface area contributed by atoms with Crippen LogP contribution in [0.1, 0.15) is 16.8 Å². The molecule has 6 N–H and O–H groups in total. The van der Waals surface area contributed by atoms with Gasteiger partial charge in [0.05, 0.1) is 11.1 Å². The van der Waals surface area contributed by atoms with E-state index in [4.69, 9.17) is 10.2 Å². The van der Waals surface area contributed by atoms with Crippen LogP contribution in [0.25, 0.3) is 11.1 Å². The SMILES string of the molecule is NC(=O)CCNC(=O)C(=O)NC/C=C/CNC(=O)c1cccc2oc(=O)[nH]c12. The molecule has 1 aromatic carbocycles. The van der Waals surface area contributed by atoms with Crippen LogP contribution in [0.3, 0.4) is 0 Å². The quantitative estimate of drug-likeness (QED) is 0.271. The topological polar surface area (TPSA) is 176 Å². The van der Waals surface area contributed by atoms with Crippen molar-refractivity contribution in [1.82, 2.24) is 20.9 Å². The number of primary amides is 1. The molecule has 0 bridgehead atoms. The maximum atomic E-state index is 12.2. The number of hydrogen-bond donors (Lipinski definition) is 5. The Hall–Kier alpha value is -3.89. The number of carbonyl (C=O) groups excluding carboxylic acids is 4. The molecule has 0 saturated heterocycles. The lowest BCUT2D eigenvalue weighted by atomic mass is 10.2. The van der Waals surface area contributed by atoms with Crippen LogP contribution >= 0.6 is 0 Å². The third kappa shape index (κ3) is 5.83. The highest BCUT2D eigenvalue weighted by molar-refractivity contribution is 6.35. The van der Waals surface area contributed by atoms with E-state index in [1.54, 1.807) is 30.4 Å². The second kappa shape index (κ2) is 9.71. The van der Waals surface area contributed by atoms with E-state index in [1.165, 1.54) is 0 Å². The fraction of sp³-hybridized carbons (Fsp3) is 0.235. The van der Waals surface area contributed by atoms with Crippen LogP contribution in [0.5, 0.6) is 0 Å². The molecular weight excluding hydrogens is 370 g/mol. The monoisotopic (exact) mass is 389 g/mol. The van der Waals surface area contributed by atoms with Gasteiger partial charge in [-0.1, -0.05) is 18.2 Å². The Morgan fingerprint density at radius 3 is 2.43 bits per heavy atom. The summed E-state index contributed by atoms with van der Waals surface area (Å²) in [7, 11) is 0. The molecule has 2 aromatic rings. The maximum Gasteiger partial charge on any atom is 0.417 e. The number of fused-ring (bicyclic) bond motifs is 1. The van der Waals surface area contributed by atoms with Crippen LogP contribution in [0.4, 0.5) is 0 Å². The Morgan fingerprint density at radius 2 is 1.71 bits per heavy atom. The number of aromatic nitrogens is 1. The molecule has 0 atom stereocenters. The van der Waals surface area contributed by atoms with Crippen molar-refractivity contribution in [2.45, 2.75) is 6.42 Å². The third-order valence-corrected chi connectivity index (χ3v) is 3.49. The van der Waals surface area contributed by atoms with E-state index < -0.39 is 29.4 Å². The highest BCUT2D eigenvalue weighted by Gasteiger charge is 2.13. The van der Waals surface area contributed by atoms with Crippen molar-refractivity contribution in [2.24, 2.45) is 5.73 Å². The van der Waals surface area contributed by atoms with Crippen molar-refractivity contribution in [1.29, 1.82) is 0 Å². The second-order valence-corrected chi connectivity index (χ2v) is 5.56. The molecule has 1 aromatic heterocycles. The number of rotatable bonds is 8.